The Kier molecular flexibility index (Phi) is 6.58. The Morgan fingerprint density at radius 1 is 1.03 bits per heavy atom. The lowest BCUT2D eigenvalue weighted by atomic mass is 10.2. The monoisotopic (exact) mass is 460 g/mol. The standard InChI is InChI=1S/C26H28N4O4/c1-32-21-12-11-19(13-22(21)34-20-9-5-6-10-20)14-30-17-27-26(31)24-25(30)29-23(28-24)16-33-15-18-7-3-2-4-8-18/h2-4,7-8,11-13,17,20H,5-6,9-10,14-16H2,1H3,(H,28,29). The summed E-state index contributed by atoms with van der Waals surface area (Å²) in [7, 11) is 1.65. The Labute approximate surface area is 197 Å². The smallest absolute Gasteiger partial charge is 0.298 e. The molecule has 1 fully saturated rings. The number of aromatic nitrogens is 4. The van der Waals surface area contributed by atoms with Crippen molar-refractivity contribution in [2.24, 2.45) is 0 Å². The van der Waals surface area contributed by atoms with Crippen molar-refractivity contribution < 1.29 is 14.2 Å². The van der Waals surface area contributed by atoms with Crippen LogP contribution in [0.3, 0.4) is 0 Å². The van der Waals surface area contributed by atoms with Crippen molar-refractivity contribution in [2.45, 2.75) is 51.5 Å². The average molecular weight is 461 g/mol. The largest absolute Gasteiger partial charge is 0.493 e. The molecule has 8 heteroatoms. The van der Waals surface area contributed by atoms with Crippen LogP contribution in [0.4, 0.5) is 0 Å². The van der Waals surface area contributed by atoms with E-state index in [-0.39, 0.29) is 18.3 Å². The minimum Gasteiger partial charge on any atom is -0.493 e. The molecule has 0 radical (unpaired) electrons. The fourth-order valence-corrected chi connectivity index (χ4v) is 4.33. The minimum atomic E-state index is -0.340. The van der Waals surface area contributed by atoms with Gasteiger partial charge >= 0.3 is 0 Å². The van der Waals surface area contributed by atoms with Gasteiger partial charge in [0.2, 0.25) is 0 Å². The zero-order valence-corrected chi connectivity index (χ0v) is 19.2. The first-order chi connectivity index (χ1) is 16.7. The van der Waals surface area contributed by atoms with E-state index in [1.807, 2.05) is 53.1 Å². The molecule has 0 saturated heterocycles. The molecular formula is C26H28N4O4. The molecule has 1 N–H and O–H groups in total. The third kappa shape index (κ3) is 4.97. The minimum absolute atomic E-state index is 0.231. The van der Waals surface area contributed by atoms with E-state index >= 15 is 0 Å². The highest BCUT2D eigenvalue weighted by Gasteiger charge is 2.19. The van der Waals surface area contributed by atoms with Gasteiger partial charge in [-0.2, -0.15) is 4.98 Å². The van der Waals surface area contributed by atoms with Gasteiger partial charge in [0.15, 0.2) is 22.7 Å². The summed E-state index contributed by atoms with van der Waals surface area (Å²) >= 11 is 0. The third-order valence-corrected chi connectivity index (χ3v) is 6.06. The van der Waals surface area contributed by atoms with Crippen molar-refractivity contribution in [1.29, 1.82) is 0 Å². The van der Waals surface area contributed by atoms with E-state index < -0.39 is 0 Å². The van der Waals surface area contributed by atoms with Crippen LogP contribution in [0, 0.1) is 0 Å². The van der Waals surface area contributed by atoms with Crippen molar-refractivity contribution >= 4 is 11.2 Å². The summed E-state index contributed by atoms with van der Waals surface area (Å²) in [6.07, 6.45) is 6.30. The summed E-state index contributed by atoms with van der Waals surface area (Å²) in [5.74, 6) is 2.05. The molecule has 5 rings (SSSR count). The van der Waals surface area contributed by atoms with Crippen LogP contribution in [-0.2, 0) is 24.5 Å². The molecule has 0 aliphatic heterocycles. The van der Waals surface area contributed by atoms with Gasteiger partial charge < -0.3 is 23.8 Å². The first kappa shape index (κ1) is 22.2. The zero-order chi connectivity index (χ0) is 23.3. The summed E-state index contributed by atoms with van der Waals surface area (Å²) in [5.41, 5.74) is 2.66. The number of nitrogens with one attached hydrogen (secondary N) is 1. The molecule has 34 heavy (non-hydrogen) atoms. The Morgan fingerprint density at radius 2 is 1.85 bits per heavy atom. The van der Waals surface area contributed by atoms with Gasteiger partial charge in [-0.05, 0) is 48.9 Å². The topological polar surface area (TPSA) is 91.3 Å². The normalized spacial score (nSPS) is 14.0. The molecule has 0 unspecified atom stereocenters. The van der Waals surface area contributed by atoms with Crippen molar-refractivity contribution in [2.75, 3.05) is 7.11 Å². The van der Waals surface area contributed by atoms with E-state index in [9.17, 15) is 4.79 Å². The number of H-pyrrole nitrogens is 1. The molecule has 4 aromatic rings. The van der Waals surface area contributed by atoms with E-state index in [1.165, 1.54) is 19.2 Å². The molecule has 1 aliphatic rings. The lowest BCUT2D eigenvalue weighted by Gasteiger charge is -2.17. The van der Waals surface area contributed by atoms with Crippen LogP contribution in [-0.4, -0.2) is 32.7 Å². The molecule has 1 saturated carbocycles. The van der Waals surface area contributed by atoms with Gasteiger partial charge in [0.05, 0.1) is 26.4 Å². The Bertz CT molecular complexity index is 1310. The Balaban J connectivity index is 1.35. The van der Waals surface area contributed by atoms with Crippen LogP contribution in [0.2, 0.25) is 0 Å². The lowest BCUT2D eigenvalue weighted by molar-refractivity contribution is 0.102. The fraction of sp³-hybridized carbons (Fsp3) is 0.346. The van der Waals surface area contributed by atoms with E-state index in [1.54, 1.807) is 7.11 Å². The summed E-state index contributed by atoms with van der Waals surface area (Å²) in [6.45, 7) is 1.23. The van der Waals surface area contributed by atoms with E-state index in [4.69, 9.17) is 14.2 Å². The highest BCUT2D eigenvalue weighted by atomic mass is 16.5. The number of aromatic amines is 1. The van der Waals surface area contributed by atoms with E-state index in [0.29, 0.717) is 30.1 Å². The first-order valence-corrected chi connectivity index (χ1v) is 11.6. The average Bonchev–Trinajstić information content (AvgIpc) is 3.53. The van der Waals surface area contributed by atoms with Crippen molar-refractivity contribution in [3.63, 3.8) is 0 Å². The van der Waals surface area contributed by atoms with Crippen LogP contribution in [0.15, 0.2) is 59.7 Å². The maximum atomic E-state index is 12.3. The molecule has 2 heterocycles. The molecule has 0 atom stereocenters. The number of fused-ring (bicyclic) bond motifs is 1. The number of ether oxygens (including phenoxy) is 3. The van der Waals surface area contributed by atoms with Gasteiger partial charge in [0.25, 0.3) is 5.56 Å². The highest BCUT2D eigenvalue weighted by Crippen LogP contribution is 2.32. The second kappa shape index (κ2) is 10.1. The van der Waals surface area contributed by atoms with Crippen LogP contribution in [0.25, 0.3) is 11.2 Å². The highest BCUT2D eigenvalue weighted by molar-refractivity contribution is 5.69. The summed E-state index contributed by atoms with van der Waals surface area (Å²) in [6, 6.07) is 15.8. The van der Waals surface area contributed by atoms with Gasteiger partial charge in [-0.15, -0.1) is 0 Å². The quantitative estimate of drug-likeness (QED) is 0.402. The number of methoxy groups -OCH3 is 1. The number of hydrogen-bond acceptors (Lipinski definition) is 6. The van der Waals surface area contributed by atoms with E-state index in [0.717, 1.165) is 35.5 Å². The molecule has 8 nitrogen and oxygen atoms in total. The Hall–Kier alpha value is -3.65. The number of imidazole rings is 1. The SMILES string of the molecule is COc1ccc(Cn2cnc(=O)c3[nH]c(COCc4ccccc4)nc32)cc1OC1CCCC1. The fourth-order valence-electron chi connectivity index (χ4n) is 4.33. The van der Waals surface area contributed by atoms with E-state index in [2.05, 4.69) is 15.0 Å². The molecule has 2 aromatic carbocycles. The maximum absolute atomic E-state index is 12.3. The van der Waals surface area contributed by atoms with Crippen LogP contribution < -0.4 is 15.0 Å². The predicted molar refractivity (Wildman–Crippen MR) is 128 cm³/mol. The van der Waals surface area contributed by atoms with Crippen LogP contribution >= 0.6 is 0 Å². The van der Waals surface area contributed by atoms with Gasteiger partial charge in [-0.25, -0.2) is 4.98 Å². The predicted octanol–water partition coefficient (Wildman–Crippen LogP) is 4.21. The number of rotatable bonds is 9. The maximum Gasteiger partial charge on any atom is 0.298 e. The van der Waals surface area contributed by atoms with Crippen molar-refractivity contribution in [3.8, 4) is 11.5 Å². The van der Waals surface area contributed by atoms with Gasteiger partial charge in [0.1, 0.15) is 18.8 Å². The van der Waals surface area contributed by atoms with Gasteiger partial charge in [0, 0.05) is 0 Å². The third-order valence-electron chi connectivity index (χ3n) is 6.06. The van der Waals surface area contributed by atoms with Crippen LogP contribution in [0.1, 0.15) is 42.6 Å². The summed E-state index contributed by atoms with van der Waals surface area (Å²) in [5, 5.41) is 0. The summed E-state index contributed by atoms with van der Waals surface area (Å²) < 4.78 is 19.4. The molecule has 0 bridgehead atoms. The van der Waals surface area contributed by atoms with Gasteiger partial charge in [-0.1, -0.05) is 36.4 Å². The second-order valence-electron chi connectivity index (χ2n) is 8.55. The van der Waals surface area contributed by atoms with Crippen molar-refractivity contribution in [3.05, 3.63) is 82.2 Å². The zero-order valence-electron chi connectivity index (χ0n) is 19.2. The number of nitrogens with zero attached hydrogens (tertiary/aromatic N) is 3. The molecule has 176 valence electrons. The number of benzene rings is 2. The summed E-state index contributed by atoms with van der Waals surface area (Å²) in [4.78, 5) is 24.1. The molecule has 0 amide bonds. The molecule has 1 aliphatic carbocycles. The van der Waals surface area contributed by atoms with Crippen LogP contribution in [0.5, 0.6) is 11.5 Å². The number of hydrogen-bond donors (Lipinski definition) is 1. The second-order valence-corrected chi connectivity index (χ2v) is 8.55. The molecule has 2 aromatic heterocycles. The van der Waals surface area contributed by atoms with Crippen molar-refractivity contribution in [1.82, 2.24) is 19.5 Å². The molecule has 0 spiro atoms. The first-order valence-electron chi connectivity index (χ1n) is 11.6. The Morgan fingerprint density at radius 3 is 2.65 bits per heavy atom. The molecular weight excluding hydrogens is 432 g/mol. The lowest BCUT2D eigenvalue weighted by Crippen LogP contribution is -2.14. The van der Waals surface area contributed by atoms with Gasteiger partial charge in [-0.3, -0.25) is 4.79 Å².